The summed E-state index contributed by atoms with van der Waals surface area (Å²) in [6.45, 7) is 6.51. The number of aliphatic hydroxyl groups excluding tert-OH is 1. The van der Waals surface area contributed by atoms with Gasteiger partial charge < -0.3 is 14.9 Å². The normalized spacial score (nSPS) is 16.0. The molecule has 4 nitrogen and oxygen atoms in total. The van der Waals surface area contributed by atoms with Gasteiger partial charge in [-0.1, -0.05) is 18.8 Å². The summed E-state index contributed by atoms with van der Waals surface area (Å²) in [5.74, 6) is 5.51. The molecule has 0 aliphatic carbocycles. The maximum absolute atomic E-state index is 12.3. The van der Waals surface area contributed by atoms with Crippen molar-refractivity contribution in [3.8, 4) is 11.8 Å². The van der Waals surface area contributed by atoms with Gasteiger partial charge in [0.05, 0.1) is 10.4 Å². The summed E-state index contributed by atoms with van der Waals surface area (Å²) in [6.07, 6.45) is 0. The molecule has 0 aromatic carbocycles. The zero-order valence-electron chi connectivity index (χ0n) is 11.1. The van der Waals surface area contributed by atoms with Crippen LogP contribution in [0.15, 0.2) is 11.4 Å². The lowest BCUT2D eigenvalue weighted by molar-refractivity contribution is 0.0644. The Kier molecular flexibility index (Phi) is 4.97. The van der Waals surface area contributed by atoms with E-state index in [9.17, 15) is 4.79 Å². The Morgan fingerprint density at radius 3 is 2.79 bits per heavy atom. The van der Waals surface area contributed by atoms with Gasteiger partial charge in [0.15, 0.2) is 0 Å². The van der Waals surface area contributed by atoms with E-state index < -0.39 is 0 Å². The molecule has 1 aromatic rings. The molecule has 2 heterocycles. The lowest BCUT2D eigenvalue weighted by atomic mass is 10.2. The van der Waals surface area contributed by atoms with Crippen molar-refractivity contribution < 1.29 is 9.90 Å². The predicted molar refractivity (Wildman–Crippen MR) is 76.3 cm³/mol. The Balaban J connectivity index is 1.98. The van der Waals surface area contributed by atoms with E-state index in [1.54, 1.807) is 0 Å². The average molecular weight is 278 g/mol. The van der Waals surface area contributed by atoms with Crippen molar-refractivity contribution in [2.75, 3.05) is 39.3 Å². The maximum Gasteiger partial charge on any atom is 0.254 e. The zero-order chi connectivity index (χ0) is 13.7. The third kappa shape index (κ3) is 3.57. The second-order valence-electron chi connectivity index (χ2n) is 4.39. The summed E-state index contributed by atoms with van der Waals surface area (Å²) in [5.41, 5.74) is 0.706. The smallest absolute Gasteiger partial charge is 0.254 e. The number of aliphatic hydroxyl groups is 1. The molecular weight excluding hydrogens is 260 g/mol. The maximum atomic E-state index is 12.3. The molecule has 19 heavy (non-hydrogen) atoms. The van der Waals surface area contributed by atoms with E-state index in [1.165, 1.54) is 11.3 Å². The van der Waals surface area contributed by atoms with Crippen LogP contribution in [0.4, 0.5) is 0 Å². The number of nitrogens with zero attached hydrogens (tertiary/aromatic N) is 2. The van der Waals surface area contributed by atoms with Crippen LogP contribution in [0, 0.1) is 11.8 Å². The molecular formula is C14H18N2O2S. The topological polar surface area (TPSA) is 43.8 Å². The fourth-order valence-electron chi connectivity index (χ4n) is 2.09. The Morgan fingerprint density at radius 2 is 2.16 bits per heavy atom. The number of rotatable bonds is 2. The van der Waals surface area contributed by atoms with Crippen molar-refractivity contribution in [3.63, 3.8) is 0 Å². The number of thiophene rings is 1. The molecule has 1 saturated heterocycles. The Morgan fingerprint density at radius 1 is 1.42 bits per heavy atom. The third-order valence-corrected chi connectivity index (χ3v) is 4.09. The molecule has 0 saturated carbocycles. The molecule has 0 spiro atoms. The number of hydrogen-bond donors (Lipinski definition) is 1. The summed E-state index contributed by atoms with van der Waals surface area (Å²) >= 11 is 1.44. The Bertz CT molecular complexity index is 493. The Hall–Kier alpha value is -1.35. The highest BCUT2D eigenvalue weighted by atomic mass is 32.1. The minimum Gasteiger partial charge on any atom is -0.384 e. The van der Waals surface area contributed by atoms with Crippen LogP contribution in [0.25, 0.3) is 0 Å². The van der Waals surface area contributed by atoms with Gasteiger partial charge in [-0.3, -0.25) is 4.79 Å². The first-order chi connectivity index (χ1) is 9.24. The monoisotopic (exact) mass is 278 g/mol. The van der Waals surface area contributed by atoms with E-state index in [-0.39, 0.29) is 12.5 Å². The second kappa shape index (κ2) is 6.71. The molecule has 1 fully saturated rings. The SMILES string of the molecule is CCN1CCN(C(=O)c2csc(C#CCO)c2)CC1. The molecule has 1 N–H and O–H groups in total. The number of amides is 1. The van der Waals surface area contributed by atoms with Gasteiger partial charge in [-0.2, -0.15) is 0 Å². The third-order valence-electron chi connectivity index (χ3n) is 3.24. The van der Waals surface area contributed by atoms with E-state index in [0.29, 0.717) is 5.56 Å². The van der Waals surface area contributed by atoms with E-state index >= 15 is 0 Å². The number of carbonyl (C=O) groups excluding carboxylic acids is 1. The average Bonchev–Trinajstić information content (AvgIpc) is 2.93. The first kappa shape index (κ1) is 14.1. The van der Waals surface area contributed by atoms with E-state index in [4.69, 9.17) is 5.11 Å². The van der Waals surface area contributed by atoms with Crippen molar-refractivity contribution in [1.82, 2.24) is 9.80 Å². The van der Waals surface area contributed by atoms with Crippen LogP contribution >= 0.6 is 11.3 Å². The molecule has 102 valence electrons. The number of piperazine rings is 1. The van der Waals surface area contributed by atoms with Crippen molar-refractivity contribution in [3.05, 3.63) is 21.9 Å². The summed E-state index contributed by atoms with van der Waals surface area (Å²) in [5, 5.41) is 10.5. The highest BCUT2D eigenvalue weighted by Gasteiger charge is 2.21. The van der Waals surface area contributed by atoms with Gasteiger partial charge in [0.25, 0.3) is 5.91 Å². The molecule has 2 rings (SSSR count). The number of likely N-dealkylation sites (N-methyl/N-ethyl adjacent to an activating group) is 1. The quantitative estimate of drug-likeness (QED) is 0.816. The van der Waals surface area contributed by atoms with Gasteiger partial charge in [0.2, 0.25) is 0 Å². The highest BCUT2D eigenvalue weighted by molar-refractivity contribution is 7.10. The van der Waals surface area contributed by atoms with Crippen LogP contribution in [0.3, 0.4) is 0 Å². The summed E-state index contributed by atoms with van der Waals surface area (Å²) in [7, 11) is 0. The van der Waals surface area contributed by atoms with Gasteiger partial charge in [0, 0.05) is 31.6 Å². The van der Waals surface area contributed by atoms with Crippen molar-refractivity contribution in [1.29, 1.82) is 0 Å². The van der Waals surface area contributed by atoms with Crippen LogP contribution < -0.4 is 0 Å². The van der Waals surface area contributed by atoms with E-state index in [0.717, 1.165) is 37.6 Å². The van der Waals surface area contributed by atoms with Crippen LogP contribution in [0.2, 0.25) is 0 Å². The van der Waals surface area contributed by atoms with Gasteiger partial charge in [-0.05, 0) is 12.6 Å². The van der Waals surface area contributed by atoms with E-state index in [2.05, 4.69) is 23.7 Å². The summed E-state index contributed by atoms with van der Waals surface area (Å²) in [6, 6.07) is 1.81. The minimum atomic E-state index is -0.153. The second-order valence-corrected chi connectivity index (χ2v) is 5.30. The largest absolute Gasteiger partial charge is 0.384 e. The first-order valence-corrected chi connectivity index (χ1v) is 7.32. The summed E-state index contributed by atoms with van der Waals surface area (Å²) in [4.78, 5) is 17.4. The lowest BCUT2D eigenvalue weighted by Crippen LogP contribution is -2.48. The molecule has 0 atom stereocenters. The molecule has 5 heteroatoms. The molecule has 1 aromatic heterocycles. The van der Waals surface area contributed by atoms with Crippen LogP contribution in [-0.4, -0.2) is 60.1 Å². The molecule has 1 aliphatic heterocycles. The lowest BCUT2D eigenvalue weighted by Gasteiger charge is -2.33. The Labute approximate surface area is 117 Å². The van der Waals surface area contributed by atoms with Crippen molar-refractivity contribution >= 4 is 17.2 Å². The summed E-state index contributed by atoms with van der Waals surface area (Å²) < 4.78 is 0. The van der Waals surface area contributed by atoms with Gasteiger partial charge in [-0.25, -0.2) is 0 Å². The van der Waals surface area contributed by atoms with Crippen molar-refractivity contribution in [2.24, 2.45) is 0 Å². The van der Waals surface area contributed by atoms with Crippen LogP contribution in [0.1, 0.15) is 22.2 Å². The van der Waals surface area contributed by atoms with Gasteiger partial charge in [0.1, 0.15) is 6.61 Å². The molecule has 1 aliphatic rings. The fourth-order valence-corrected chi connectivity index (χ4v) is 2.84. The fraction of sp³-hybridized carbons (Fsp3) is 0.500. The zero-order valence-corrected chi connectivity index (χ0v) is 11.9. The number of carbonyl (C=O) groups is 1. The van der Waals surface area contributed by atoms with E-state index in [1.807, 2.05) is 16.3 Å². The molecule has 0 unspecified atom stereocenters. The molecule has 1 amide bonds. The van der Waals surface area contributed by atoms with Crippen molar-refractivity contribution in [2.45, 2.75) is 6.92 Å². The number of hydrogen-bond acceptors (Lipinski definition) is 4. The first-order valence-electron chi connectivity index (χ1n) is 6.44. The standard InChI is InChI=1S/C14H18N2O2S/c1-2-15-5-7-16(8-6-15)14(18)12-10-13(19-11-12)4-3-9-17/h10-11,17H,2,5-9H2,1H3. The van der Waals surface area contributed by atoms with Gasteiger partial charge >= 0.3 is 0 Å². The minimum absolute atomic E-state index is 0.0871. The predicted octanol–water partition coefficient (Wildman–Crippen LogP) is 0.870. The van der Waals surface area contributed by atoms with Crippen LogP contribution in [0.5, 0.6) is 0 Å². The van der Waals surface area contributed by atoms with Crippen LogP contribution in [-0.2, 0) is 0 Å². The molecule has 0 radical (unpaired) electrons. The molecule has 0 bridgehead atoms. The highest BCUT2D eigenvalue weighted by Crippen LogP contribution is 2.16. The van der Waals surface area contributed by atoms with Gasteiger partial charge in [-0.15, -0.1) is 11.3 Å².